The van der Waals surface area contributed by atoms with Gasteiger partial charge in [-0.3, -0.25) is 0 Å². The molecule has 0 aliphatic carbocycles. The van der Waals surface area contributed by atoms with Gasteiger partial charge in [0.05, 0.1) is 6.10 Å². The van der Waals surface area contributed by atoms with Gasteiger partial charge in [-0.1, -0.05) is 12.1 Å². The minimum Gasteiger partial charge on any atom is -0.508 e. The first-order valence-electron chi connectivity index (χ1n) is 6.06. The van der Waals surface area contributed by atoms with E-state index in [1.54, 1.807) is 30.3 Å². The normalized spacial score (nSPS) is 21.6. The van der Waals surface area contributed by atoms with Gasteiger partial charge in [0.15, 0.2) is 0 Å². The predicted octanol–water partition coefficient (Wildman–Crippen LogP) is 3.09. The number of fused-ring (bicyclic) bond motifs is 1. The summed E-state index contributed by atoms with van der Waals surface area (Å²) in [5.41, 5.74) is 1.45. The monoisotopic (exact) mass is 260 g/mol. The van der Waals surface area contributed by atoms with E-state index in [9.17, 15) is 14.6 Å². The summed E-state index contributed by atoms with van der Waals surface area (Å²) in [6.45, 7) is 0. The zero-order valence-electron chi connectivity index (χ0n) is 10.1. The maximum Gasteiger partial charge on any atom is 0.128 e. The van der Waals surface area contributed by atoms with E-state index in [1.807, 2.05) is 0 Å². The van der Waals surface area contributed by atoms with Crippen molar-refractivity contribution in [3.63, 3.8) is 0 Å². The number of hydrogen-bond acceptors (Lipinski definition) is 3. The van der Waals surface area contributed by atoms with Gasteiger partial charge in [0.1, 0.15) is 23.4 Å². The Morgan fingerprint density at radius 1 is 1.11 bits per heavy atom. The number of phenols is 1. The summed E-state index contributed by atoms with van der Waals surface area (Å²) < 4.78 is 18.9. The molecule has 98 valence electrons. The summed E-state index contributed by atoms with van der Waals surface area (Å²) in [7, 11) is 0. The molecule has 19 heavy (non-hydrogen) atoms. The summed E-state index contributed by atoms with van der Waals surface area (Å²) in [6, 6.07) is 10.7. The van der Waals surface area contributed by atoms with Gasteiger partial charge in [-0.15, -0.1) is 0 Å². The molecule has 3 rings (SSSR count). The van der Waals surface area contributed by atoms with Crippen molar-refractivity contribution in [2.24, 2.45) is 0 Å². The molecule has 0 radical (unpaired) electrons. The highest BCUT2D eigenvalue weighted by Crippen LogP contribution is 2.41. The molecular formula is C15H13FO3. The first-order valence-corrected chi connectivity index (χ1v) is 6.06. The summed E-state index contributed by atoms with van der Waals surface area (Å²) >= 11 is 0. The van der Waals surface area contributed by atoms with Crippen molar-refractivity contribution in [3.8, 4) is 11.5 Å². The zero-order chi connectivity index (χ0) is 13.4. The Kier molecular flexibility index (Phi) is 2.87. The first-order chi connectivity index (χ1) is 9.13. The quantitative estimate of drug-likeness (QED) is 0.828. The van der Waals surface area contributed by atoms with Gasteiger partial charge in [-0.05, 0) is 29.8 Å². The standard InChI is InChI=1S/C15H13FO3/c16-10-3-6-12-13(18)8-14(19-15(12)7-10)9-1-4-11(17)5-2-9/h1-7,13-14,17-18H,8H2. The van der Waals surface area contributed by atoms with Crippen LogP contribution in [0.25, 0.3) is 0 Å². The third-order valence-electron chi connectivity index (χ3n) is 3.31. The van der Waals surface area contributed by atoms with E-state index >= 15 is 0 Å². The average molecular weight is 260 g/mol. The highest BCUT2D eigenvalue weighted by atomic mass is 19.1. The third-order valence-corrected chi connectivity index (χ3v) is 3.31. The molecule has 0 saturated carbocycles. The van der Waals surface area contributed by atoms with E-state index in [1.165, 1.54) is 12.1 Å². The molecule has 1 aliphatic heterocycles. The lowest BCUT2D eigenvalue weighted by atomic mass is 9.95. The Labute approximate surface area is 109 Å². The SMILES string of the molecule is Oc1ccc(C2CC(O)c3ccc(F)cc3O2)cc1. The van der Waals surface area contributed by atoms with Crippen molar-refractivity contribution in [2.75, 3.05) is 0 Å². The van der Waals surface area contributed by atoms with Gasteiger partial charge in [0, 0.05) is 18.1 Å². The number of rotatable bonds is 1. The van der Waals surface area contributed by atoms with E-state index in [0.717, 1.165) is 5.56 Å². The fourth-order valence-electron chi connectivity index (χ4n) is 2.31. The van der Waals surface area contributed by atoms with Gasteiger partial charge >= 0.3 is 0 Å². The molecule has 2 N–H and O–H groups in total. The first kappa shape index (κ1) is 12.0. The Morgan fingerprint density at radius 2 is 1.84 bits per heavy atom. The number of aliphatic hydroxyl groups is 1. The topological polar surface area (TPSA) is 49.7 Å². The molecule has 2 unspecified atom stereocenters. The fraction of sp³-hybridized carbons (Fsp3) is 0.200. The maximum absolute atomic E-state index is 13.2. The minimum atomic E-state index is -0.678. The molecule has 0 amide bonds. The van der Waals surface area contributed by atoms with Crippen LogP contribution in [0.3, 0.4) is 0 Å². The Morgan fingerprint density at radius 3 is 2.58 bits per heavy atom. The molecule has 2 aromatic rings. The van der Waals surface area contributed by atoms with E-state index < -0.39 is 11.9 Å². The van der Waals surface area contributed by atoms with Crippen LogP contribution in [-0.4, -0.2) is 10.2 Å². The molecule has 1 heterocycles. The minimum absolute atomic E-state index is 0.173. The number of aromatic hydroxyl groups is 1. The van der Waals surface area contributed by atoms with Crippen LogP contribution in [0.1, 0.15) is 29.8 Å². The fourth-order valence-corrected chi connectivity index (χ4v) is 2.31. The molecule has 1 aliphatic rings. The van der Waals surface area contributed by atoms with Gasteiger partial charge < -0.3 is 14.9 Å². The Hall–Kier alpha value is -2.07. The van der Waals surface area contributed by atoms with E-state index in [2.05, 4.69) is 0 Å². The number of phenolic OH excluding ortho intramolecular Hbond substituents is 1. The summed E-state index contributed by atoms with van der Waals surface area (Å²) in [6.07, 6.45) is -0.614. The lowest BCUT2D eigenvalue weighted by Gasteiger charge is -2.29. The van der Waals surface area contributed by atoms with E-state index in [0.29, 0.717) is 17.7 Å². The van der Waals surface area contributed by atoms with E-state index in [4.69, 9.17) is 4.74 Å². The molecule has 0 spiro atoms. The number of halogens is 1. The Balaban J connectivity index is 1.93. The lowest BCUT2D eigenvalue weighted by Crippen LogP contribution is -2.19. The highest BCUT2D eigenvalue weighted by Gasteiger charge is 2.28. The summed E-state index contributed by atoms with van der Waals surface area (Å²) in [5, 5.41) is 19.3. The van der Waals surface area contributed by atoms with Crippen molar-refractivity contribution in [2.45, 2.75) is 18.6 Å². The van der Waals surface area contributed by atoms with Crippen molar-refractivity contribution in [3.05, 3.63) is 59.4 Å². The average Bonchev–Trinajstić information content (AvgIpc) is 2.38. The molecule has 0 aromatic heterocycles. The predicted molar refractivity (Wildman–Crippen MR) is 67.5 cm³/mol. The van der Waals surface area contributed by atoms with Crippen LogP contribution in [-0.2, 0) is 0 Å². The largest absolute Gasteiger partial charge is 0.508 e. The lowest BCUT2D eigenvalue weighted by molar-refractivity contribution is 0.0653. The van der Waals surface area contributed by atoms with Crippen LogP contribution in [0, 0.1) is 5.82 Å². The van der Waals surface area contributed by atoms with Crippen LogP contribution in [0.5, 0.6) is 11.5 Å². The van der Waals surface area contributed by atoms with Crippen molar-refractivity contribution < 1.29 is 19.3 Å². The molecular weight excluding hydrogens is 247 g/mol. The van der Waals surface area contributed by atoms with Crippen LogP contribution < -0.4 is 4.74 Å². The van der Waals surface area contributed by atoms with Gasteiger partial charge in [0.2, 0.25) is 0 Å². The molecule has 0 fully saturated rings. The van der Waals surface area contributed by atoms with Crippen molar-refractivity contribution >= 4 is 0 Å². The second kappa shape index (κ2) is 4.55. The van der Waals surface area contributed by atoms with Crippen molar-refractivity contribution in [1.29, 1.82) is 0 Å². The molecule has 0 saturated heterocycles. The van der Waals surface area contributed by atoms with Gasteiger partial charge in [-0.2, -0.15) is 0 Å². The zero-order valence-corrected chi connectivity index (χ0v) is 10.1. The van der Waals surface area contributed by atoms with Crippen molar-refractivity contribution in [1.82, 2.24) is 0 Å². The molecule has 2 aromatic carbocycles. The molecule has 0 bridgehead atoms. The second-order valence-corrected chi connectivity index (χ2v) is 4.63. The smallest absolute Gasteiger partial charge is 0.128 e. The van der Waals surface area contributed by atoms with E-state index in [-0.39, 0.29) is 11.9 Å². The molecule has 2 atom stereocenters. The summed E-state index contributed by atoms with van der Waals surface area (Å²) in [5.74, 6) is 0.153. The van der Waals surface area contributed by atoms with Crippen LogP contribution in [0.4, 0.5) is 4.39 Å². The highest BCUT2D eigenvalue weighted by molar-refractivity contribution is 5.39. The number of benzene rings is 2. The number of ether oxygens (including phenoxy) is 1. The maximum atomic E-state index is 13.2. The van der Waals surface area contributed by atoms with Gasteiger partial charge in [0.25, 0.3) is 0 Å². The summed E-state index contributed by atoms with van der Waals surface area (Å²) in [4.78, 5) is 0. The third kappa shape index (κ3) is 2.27. The second-order valence-electron chi connectivity index (χ2n) is 4.63. The van der Waals surface area contributed by atoms with Crippen LogP contribution >= 0.6 is 0 Å². The number of hydrogen-bond donors (Lipinski definition) is 2. The van der Waals surface area contributed by atoms with Crippen LogP contribution in [0.15, 0.2) is 42.5 Å². The molecule has 4 heteroatoms. The van der Waals surface area contributed by atoms with Crippen LogP contribution in [0.2, 0.25) is 0 Å². The molecule has 3 nitrogen and oxygen atoms in total. The number of aliphatic hydroxyl groups excluding tert-OH is 1. The van der Waals surface area contributed by atoms with Gasteiger partial charge in [-0.25, -0.2) is 4.39 Å². The Bertz CT molecular complexity index is 595.